The molecule has 0 saturated carbocycles. The van der Waals surface area contributed by atoms with E-state index in [9.17, 15) is 23.1 Å². The molecule has 1 aromatic heterocycles. The number of aromatic hydroxyl groups is 1. The lowest BCUT2D eigenvalue weighted by molar-refractivity contribution is -0.137. The Labute approximate surface area is 147 Å². The molecule has 2 N–H and O–H groups in total. The van der Waals surface area contributed by atoms with Gasteiger partial charge in [-0.2, -0.15) is 18.3 Å². The molecule has 2 atom stereocenters. The number of amides is 1. The molecule has 140 valence electrons. The van der Waals surface area contributed by atoms with Crippen LogP contribution in [0.3, 0.4) is 0 Å². The number of hydrogen-bond donors (Lipinski definition) is 2. The van der Waals surface area contributed by atoms with Gasteiger partial charge in [0.25, 0.3) is 5.91 Å². The van der Waals surface area contributed by atoms with Crippen LogP contribution in [0.2, 0.25) is 0 Å². The molecular formula is C17H18F3N3O3. The topological polar surface area (TPSA) is 76.4 Å². The number of ether oxygens (including phenoxy) is 1. The number of carbonyl (C=O) groups excluding carboxylic acids is 1. The third-order valence-corrected chi connectivity index (χ3v) is 4.25. The first-order valence-electron chi connectivity index (χ1n) is 8.15. The van der Waals surface area contributed by atoms with Gasteiger partial charge in [0.1, 0.15) is 0 Å². The number of rotatable bonds is 4. The standard InChI is InChI=1S/C17H18F3N3O3/c1-10(14-7-4-8-26-14)21-16(25)15-13(24)9-23(22-15)12-6-3-2-5-11(12)17(18,19)20/h2-3,5-6,9-10,14,24H,4,7-8H2,1H3,(H,21,25)/t10-,14-/m0/s1. The van der Waals surface area contributed by atoms with E-state index in [1.54, 1.807) is 6.92 Å². The Kier molecular flexibility index (Phi) is 4.90. The molecule has 1 aromatic carbocycles. The first-order chi connectivity index (χ1) is 12.3. The molecule has 0 aliphatic carbocycles. The maximum Gasteiger partial charge on any atom is 0.418 e. The summed E-state index contributed by atoms with van der Waals surface area (Å²) in [7, 11) is 0. The van der Waals surface area contributed by atoms with E-state index >= 15 is 0 Å². The normalized spacial score (nSPS) is 18.7. The Morgan fingerprint density at radius 3 is 2.81 bits per heavy atom. The summed E-state index contributed by atoms with van der Waals surface area (Å²) < 4.78 is 45.8. The fourth-order valence-electron chi connectivity index (χ4n) is 2.93. The van der Waals surface area contributed by atoms with Gasteiger partial charge in [0.05, 0.1) is 29.6 Å². The minimum absolute atomic E-state index is 0.130. The van der Waals surface area contributed by atoms with Gasteiger partial charge < -0.3 is 15.2 Å². The molecule has 9 heteroatoms. The number of nitrogens with one attached hydrogen (secondary N) is 1. The lowest BCUT2D eigenvalue weighted by Crippen LogP contribution is -2.41. The molecule has 2 heterocycles. The van der Waals surface area contributed by atoms with Crippen molar-refractivity contribution in [3.63, 3.8) is 0 Å². The third kappa shape index (κ3) is 3.67. The largest absolute Gasteiger partial charge is 0.504 e. The monoisotopic (exact) mass is 369 g/mol. The molecule has 1 saturated heterocycles. The van der Waals surface area contributed by atoms with Gasteiger partial charge in [0.2, 0.25) is 0 Å². The fourth-order valence-corrected chi connectivity index (χ4v) is 2.93. The van der Waals surface area contributed by atoms with Crippen molar-refractivity contribution < 1.29 is 27.8 Å². The Morgan fingerprint density at radius 1 is 1.42 bits per heavy atom. The Hall–Kier alpha value is -2.55. The predicted molar refractivity (Wildman–Crippen MR) is 86.1 cm³/mol. The van der Waals surface area contributed by atoms with E-state index in [-0.39, 0.29) is 23.5 Å². The van der Waals surface area contributed by atoms with Crippen molar-refractivity contribution in [2.24, 2.45) is 0 Å². The van der Waals surface area contributed by atoms with E-state index < -0.39 is 23.4 Å². The van der Waals surface area contributed by atoms with Gasteiger partial charge >= 0.3 is 6.18 Å². The molecule has 1 amide bonds. The Balaban J connectivity index is 1.85. The summed E-state index contributed by atoms with van der Waals surface area (Å²) >= 11 is 0. The molecule has 6 nitrogen and oxygen atoms in total. The van der Waals surface area contributed by atoms with Crippen molar-refractivity contribution in [1.82, 2.24) is 15.1 Å². The smallest absolute Gasteiger partial charge is 0.418 e. The second-order valence-corrected chi connectivity index (χ2v) is 6.14. The predicted octanol–water partition coefficient (Wildman–Crippen LogP) is 2.89. The van der Waals surface area contributed by atoms with Crippen molar-refractivity contribution in [3.05, 3.63) is 41.7 Å². The van der Waals surface area contributed by atoms with Crippen LogP contribution in [0.4, 0.5) is 13.2 Å². The second kappa shape index (κ2) is 6.99. The Morgan fingerprint density at radius 2 is 2.15 bits per heavy atom. The molecule has 1 aliphatic rings. The molecule has 1 fully saturated rings. The first-order valence-corrected chi connectivity index (χ1v) is 8.15. The number of alkyl halides is 3. The van der Waals surface area contributed by atoms with Crippen molar-refractivity contribution in [1.29, 1.82) is 0 Å². The van der Waals surface area contributed by atoms with Gasteiger partial charge in [-0.1, -0.05) is 12.1 Å². The van der Waals surface area contributed by atoms with Crippen LogP contribution >= 0.6 is 0 Å². The molecule has 0 spiro atoms. The summed E-state index contributed by atoms with van der Waals surface area (Å²) in [4.78, 5) is 12.3. The minimum atomic E-state index is -4.59. The first kappa shape index (κ1) is 18.2. The van der Waals surface area contributed by atoms with E-state index in [1.165, 1.54) is 18.2 Å². The quantitative estimate of drug-likeness (QED) is 0.869. The molecule has 26 heavy (non-hydrogen) atoms. The number of nitrogens with zero attached hydrogens (tertiary/aromatic N) is 2. The van der Waals surface area contributed by atoms with Crippen LogP contribution in [0.15, 0.2) is 30.5 Å². The van der Waals surface area contributed by atoms with E-state index in [2.05, 4.69) is 10.4 Å². The maximum atomic E-state index is 13.1. The number of aromatic nitrogens is 2. The highest BCUT2D eigenvalue weighted by Crippen LogP contribution is 2.34. The van der Waals surface area contributed by atoms with Crippen molar-refractivity contribution in [2.45, 2.75) is 38.1 Å². The lowest BCUT2D eigenvalue weighted by Gasteiger charge is -2.19. The van der Waals surface area contributed by atoms with E-state index in [4.69, 9.17) is 4.74 Å². The van der Waals surface area contributed by atoms with Gasteiger partial charge in [-0.25, -0.2) is 4.68 Å². The zero-order valence-electron chi connectivity index (χ0n) is 14.0. The van der Waals surface area contributed by atoms with E-state index in [0.29, 0.717) is 6.61 Å². The second-order valence-electron chi connectivity index (χ2n) is 6.14. The minimum Gasteiger partial charge on any atom is -0.504 e. The van der Waals surface area contributed by atoms with Crippen LogP contribution in [0.1, 0.15) is 35.8 Å². The molecule has 0 unspecified atom stereocenters. The molecule has 2 aromatic rings. The van der Waals surface area contributed by atoms with Crippen LogP contribution in [0.5, 0.6) is 5.75 Å². The fraction of sp³-hybridized carbons (Fsp3) is 0.412. The van der Waals surface area contributed by atoms with Crippen LogP contribution in [0, 0.1) is 0 Å². The highest BCUT2D eigenvalue weighted by Gasteiger charge is 2.34. The summed E-state index contributed by atoms with van der Waals surface area (Å²) in [5.41, 5.74) is -1.53. The van der Waals surface area contributed by atoms with Crippen LogP contribution in [-0.4, -0.2) is 39.5 Å². The van der Waals surface area contributed by atoms with Crippen LogP contribution in [-0.2, 0) is 10.9 Å². The molecule has 0 radical (unpaired) electrons. The number of benzene rings is 1. The van der Waals surface area contributed by atoms with Crippen molar-refractivity contribution >= 4 is 5.91 Å². The highest BCUT2D eigenvalue weighted by molar-refractivity contribution is 5.95. The number of carbonyl (C=O) groups is 1. The van der Waals surface area contributed by atoms with E-state index in [0.717, 1.165) is 29.8 Å². The van der Waals surface area contributed by atoms with Gasteiger partial charge in [-0.3, -0.25) is 4.79 Å². The molecule has 0 bridgehead atoms. The zero-order chi connectivity index (χ0) is 18.9. The lowest BCUT2D eigenvalue weighted by atomic mass is 10.1. The summed E-state index contributed by atoms with van der Waals surface area (Å²) in [5.74, 6) is -1.17. The molecular weight excluding hydrogens is 351 g/mol. The van der Waals surface area contributed by atoms with Gasteiger partial charge in [-0.05, 0) is 31.9 Å². The average Bonchev–Trinajstić information content (AvgIpc) is 3.23. The summed E-state index contributed by atoms with van der Waals surface area (Å²) in [6, 6.07) is 4.49. The van der Waals surface area contributed by atoms with Gasteiger partial charge in [0.15, 0.2) is 11.4 Å². The zero-order valence-corrected chi connectivity index (χ0v) is 14.0. The SMILES string of the molecule is C[C@H](NC(=O)c1nn(-c2ccccc2C(F)(F)F)cc1O)[C@@H]1CCCO1. The van der Waals surface area contributed by atoms with Gasteiger partial charge in [0, 0.05) is 6.61 Å². The molecule has 1 aliphatic heterocycles. The van der Waals surface area contributed by atoms with Crippen LogP contribution < -0.4 is 5.32 Å². The highest BCUT2D eigenvalue weighted by atomic mass is 19.4. The van der Waals surface area contributed by atoms with E-state index in [1.807, 2.05) is 0 Å². The van der Waals surface area contributed by atoms with Crippen molar-refractivity contribution in [2.75, 3.05) is 6.61 Å². The third-order valence-electron chi connectivity index (χ3n) is 4.25. The summed E-state index contributed by atoms with van der Waals surface area (Å²) in [5, 5.41) is 16.5. The number of hydrogen-bond acceptors (Lipinski definition) is 4. The number of halogens is 3. The number of para-hydroxylation sites is 1. The van der Waals surface area contributed by atoms with Crippen LogP contribution in [0.25, 0.3) is 5.69 Å². The Bertz CT molecular complexity index is 798. The maximum absolute atomic E-state index is 13.1. The summed E-state index contributed by atoms with van der Waals surface area (Å²) in [6.45, 7) is 2.39. The average molecular weight is 369 g/mol. The molecule has 3 rings (SSSR count). The summed E-state index contributed by atoms with van der Waals surface area (Å²) in [6.07, 6.45) is -2.03. The van der Waals surface area contributed by atoms with Gasteiger partial charge in [-0.15, -0.1) is 0 Å². The van der Waals surface area contributed by atoms with Crippen molar-refractivity contribution in [3.8, 4) is 11.4 Å².